The van der Waals surface area contributed by atoms with Crippen molar-refractivity contribution < 1.29 is 9.59 Å². The summed E-state index contributed by atoms with van der Waals surface area (Å²) in [5, 5.41) is 3.15. The Morgan fingerprint density at radius 2 is 1.90 bits per heavy atom. The second-order valence-electron chi connectivity index (χ2n) is 8.85. The average Bonchev–Trinajstić information content (AvgIpc) is 3.53. The molecule has 1 aromatic carbocycles. The summed E-state index contributed by atoms with van der Waals surface area (Å²) in [6.07, 6.45) is 9.08. The van der Waals surface area contributed by atoms with Crippen LogP contribution in [-0.2, 0) is 10.2 Å². The number of carbonyl (C=O) groups excluding carboxylic acids is 2. The Balaban J connectivity index is 1.31. The molecule has 0 radical (unpaired) electrons. The monoisotopic (exact) mass is 389 g/mol. The quantitative estimate of drug-likeness (QED) is 0.872. The van der Waals surface area contributed by atoms with Gasteiger partial charge in [-0.3, -0.25) is 14.6 Å². The van der Waals surface area contributed by atoms with Crippen LogP contribution in [0.2, 0.25) is 0 Å². The van der Waals surface area contributed by atoms with Crippen LogP contribution in [0.4, 0.5) is 0 Å². The van der Waals surface area contributed by atoms with Gasteiger partial charge in [0.1, 0.15) is 0 Å². The first-order valence-electron chi connectivity index (χ1n) is 10.7. The second-order valence-corrected chi connectivity index (χ2v) is 8.85. The van der Waals surface area contributed by atoms with Crippen LogP contribution in [0.15, 0.2) is 48.8 Å². The van der Waals surface area contributed by atoms with Crippen molar-refractivity contribution in [1.82, 2.24) is 15.2 Å². The van der Waals surface area contributed by atoms with Crippen molar-refractivity contribution in [2.45, 2.75) is 55.9 Å². The number of amides is 2. The lowest BCUT2D eigenvalue weighted by molar-refractivity contribution is -0.121. The number of benzene rings is 1. The molecule has 1 atom stereocenters. The fraction of sp³-hybridized carbons (Fsp3) is 0.458. The molecular formula is C24H27N3O2. The van der Waals surface area contributed by atoms with Gasteiger partial charge < -0.3 is 10.2 Å². The molecule has 1 N–H and O–H groups in total. The highest BCUT2D eigenvalue weighted by molar-refractivity contribution is 5.94. The first-order chi connectivity index (χ1) is 14.1. The summed E-state index contributed by atoms with van der Waals surface area (Å²) >= 11 is 0. The van der Waals surface area contributed by atoms with Gasteiger partial charge in [0.05, 0.1) is 5.56 Å². The normalized spacial score (nSPS) is 22.3. The highest BCUT2D eigenvalue weighted by Crippen LogP contribution is 2.52. The van der Waals surface area contributed by atoms with Gasteiger partial charge >= 0.3 is 0 Å². The van der Waals surface area contributed by atoms with Crippen LogP contribution in [0.1, 0.15) is 65.9 Å². The van der Waals surface area contributed by atoms with Crippen molar-refractivity contribution in [3.05, 3.63) is 65.5 Å². The van der Waals surface area contributed by atoms with Gasteiger partial charge in [0.15, 0.2) is 0 Å². The zero-order chi connectivity index (χ0) is 19.8. The van der Waals surface area contributed by atoms with Crippen LogP contribution in [-0.4, -0.2) is 40.8 Å². The summed E-state index contributed by atoms with van der Waals surface area (Å²) in [6, 6.07) is 12.7. The van der Waals surface area contributed by atoms with Gasteiger partial charge in [-0.1, -0.05) is 24.3 Å². The van der Waals surface area contributed by atoms with Crippen LogP contribution in [0, 0.1) is 0 Å². The van der Waals surface area contributed by atoms with Gasteiger partial charge in [-0.05, 0) is 66.7 Å². The number of likely N-dealkylation sites (tertiary alicyclic amines) is 1. The van der Waals surface area contributed by atoms with Gasteiger partial charge in [0.2, 0.25) is 5.91 Å². The molecule has 1 saturated carbocycles. The van der Waals surface area contributed by atoms with Crippen LogP contribution < -0.4 is 5.32 Å². The molecule has 3 aliphatic rings. The molecule has 0 unspecified atom stereocenters. The van der Waals surface area contributed by atoms with Gasteiger partial charge in [-0.2, -0.15) is 0 Å². The van der Waals surface area contributed by atoms with Gasteiger partial charge in [-0.25, -0.2) is 0 Å². The number of rotatable bonds is 4. The van der Waals surface area contributed by atoms with Crippen molar-refractivity contribution >= 4 is 11.8 Å². The number of hydrogen-bond donors (Lipinski definition) is 1. The number of carbonyl (C=O) groups is 2. The minimum absolute atomic E-state index is 0.0691. The van der Waals surface area contributed by atoms with Crippen molar-refractivity contribution in [3.63, 3.8) is 0 Å². The van der Waals surface area contributed by atoms with E-state index in [-0.39, 0.29) is 23.1 Å². The van der Waals surface area contributed by atoms with E-state index < -0.39 is 0 Å². The third kappa shape index (κ3) is 3.54. The second kappa shape index (κ2) is 7.29. The Morgan fingerprint density at radius 1 is 1.10 bits per heavy atom. The number of nitrogens with zero attached hydrogens (tertiary/aromatic N) is 2. The number of nitrogens with one attached hydrogen (secondary N) is 1. The van der Waals surface area contributed by atoms with Crippen molar-refractivity contribution in [2.75, 3.05) is 13.1 Å². The minimum atomic E-state index is 0.0691. The van der Waals surface area contributed by atoms with E-state index >= 15 is 0 Å². The summed E-state index contributed by atoms with van der Waals surface area (Å²) in [6.45, 7) is 1.51. The maximum Gasteiger partial charge on any atom is 0.255 e. The SMILES string of the molecule is O=C(C[C@H]1CC2(CCN(C(=O)c3cccnc3)CC2)c2ccccc21)NC1CC1. The highest BCUT2D eigenvalue weighted by Gasteiger charge is 2.46. The third-order valence-electron chi connectivity index (χ3n) is 6.90. The topological polar surface area (TPSA) is 62.3 Å². The minimum Gasteiger partial charge on any atom is -0.353 e. The standard InChI is InChI=1S/C24H27N3O2/c28-22(26-19-7-8-19)14-18-15-24(21-6-2-1-5-20(18)21)9-12-27(13-10-24)23(29)17-4-3-11-25-16-17/h1-6,11,16,18-19H,7-10,12-15H2,(H,26,28)/t18-/m0/s1. The molecule has 1 saturated heterocycles. The van der Waals surface area contributed by atoms with Crippen LogP contribution >= 0.6 is 0 Å². The number of fused-ring (bicyclic) bond motifs is 2. The van der Waals surface area contributed by atoms with E-state index in [1.807, 2.05) is 17.0 Å². The first kappa shape index (κ1) is 18.3. The molecule has 2 aliphatic carbocycles. The zero-order valence-corrected chi connectivity index (χ0v) is 16.6. The Labute approximate surface area is 171 Å². The molecule has 0 bridgehead atoms. The lowest BCUT2D eigenvalue weighted by Gasteiger charge is -2.40. The Morgan fingerprint density at radius 3 is 2.62 bits per heavy atom. The van der Waals surface area contributed by atoms with Crippen LogP contribution in [0.5, 0.6) is 0 Å². The van der Waals surface area contributed by atoms with E-state index in [1.165, 1.54) is 11.1 Å². The number of hydrogen-bond acceptors (Lipinski definition) is 3. The van der Waals surface area contributed by atoms with Crippen molar-refractivity contribution in [1.29, 1.82) is 0 Å². The van der Waals surface area contributed by atoms with Gasteiger partial charge in [0.25, 0.3) is 5.91 Å². The molecular weight excluding hydrogens is 362 g/mol. The fourth-order valence-corrected chi connectivity index (χ4v) is 5.23. The first-order valence-corrected chi connectivity index (χ1v) is 10.7. The van der Waals surface area contributed by atoms with Crippen molar-refractivity contribution in [2.24, 2.45) is 0 Å². The van der Waals surface area contributed by atoms with E-state index in [9.17, 15) is 9.59 Å². The molecule has 2 fully saturated rings. The predicted molar refractivity (Wildman–Crippen MR) is 111 cm³/mol. The zero-order valence-electron chi connectivity index (χ0n) is 16.6. The fourth-order valence-electron chi connectivity index (χ4n) is 5.23. The molecule has 5 nitrogen and oxygen atoms in total. The Bertz CT molecular complexity index is 915. The number of aromatic nitrogens is 1. The van der Waals surface area contributed by atoms with E-state index in [2.05, 4.69) is 34.6 Å². The molecule has 29 heavy (non-hydrogen) atoms. The van der Waals surface area contributed by atoms with Gasteiger partial charge in [-0.15, -0.1) is 0 Å². The summed E-state index contributed by atoms with van der Waals surface area (Å²) in [5.74, 6) is 0.540. The summed E-state index contributed by atoms with van der Waals surface area (Å²) in [7, 11) is 0. The third-order valence-corrected chi connectivity index (χ3v) is 6.90. The average molecular weight is 389 g/mol. The molecule has 1 spiro atoms. The van der Waals surface area contributed by atoms with E-state index in [0.717, 1.165) is 45.2 Å². The molecule has 1 aromatic heterocycles. The number of piperidine rings is 1. The maximum absolute atomic E-state index is 12.8. The maximum atomic E-state index is 12.8. The van der Waals surface area contributed by atoms with E-state index in [1.54, 1.807) is 12.4 Å². The molecule has 1 aliphatic heterocycles. The van der Waals surface area contributed by atoms with E-state index in [0.29, 0.717) is 18.0 Å². The van der Waals surface area contributed by atoms with Crippen LogP contribution in [0.3, 0.4) is 0 Å². The lowest BCUT2D eigenvalue weighted by atomic mass is 9.73. The molecule has 2 amide bonds. The van der Waals surface area contributed by atoms with Crippen molar-refractivity contribution in [3.8, 4) is 0 Å². The highest BCUT2D eigenvalue weighted by atomic mass is 16.2. The molecule has 5 heteroatoms. The number of pyridine rings is 1. The summed E-state index contributed by atoms with van der Waals surface area (Å²) in [4.78, 5) is 31.3. The largest absolute Gasteiger partial charge is 0.353 e. The Kier molecular flexibility index (Phi) is 4.61. The summed E-state index contributed by atoms with van der Waals surface area (Å²) in [5.41, 5.74) is 3.49. The van der Waals surface area contributed by atoms with Crippen LogP contribution in [0.25, 0.3) is 0 Å². The van der Waals surface area contributed by atoms with Gasteiger partial charge in [0, 0.05) is 37.9 Å². The molecule has 150 valence electrons. The predicted octanol–water partition coefficient (Wildman–Crippen LogP) is 3.41. The Hall–Kier alpha value is -2.69. The molecule has 2 heterocycles. The smallest absolute Gasteiger partial charge is 0.255 e. The lowest BCUT2D eigenvalue weighted by Crippen LogP contribution is -2.44. The summed E-state index contributed by atoms with van der Waals surface area (Å²) < 4.78 is 0. The molecule has 2 aromatic rings. The van der Waals surface area contributed by atoms with E-state index in [4.69, 9.17) is 0 Å². The molecule has 5 rings (SSSR count).